The summed E-state index contributed by atoms with van der Waals surface area (Å²) in [5.41, 5.74) is 12.2. The minimum absolute atomic E-state index is 0.477. The Hall–Kier alpha value is -2.16. The average Bonchev–Trinajstić information content (AvgIpc) is 2.37. The van der Waals surface area contributed by atoms with Crippen molar-refractivity contribution in [2.45, 2.75) is 33.6 Å². The highest BCUT2D eigenvalue weighted by Gasteiger charge is 2.11. The van der Waals surface area contributed by atoms with Crippen molar-refractivity contribution in [3.05, 3.63) is 41.1 Å². The van der Waals surface area contributed by atoms with Crippen molar-refractivity contribution in [1.82, 2.24) is 9.97 Å². The van der Waals surface area contributed by atoms with Crippen molar-refractivity contribution in [3.8, 4) is 0 Å². The van der Waals surface area contributed by atoms with Crippen LogP contribution in [0.25, 0.3) is 21.9 Å². The third kappa shape index (κ3) is 1.90. The molecule has 2 N–H and O–H groups in total. The number of fused-ring (bicyclic) bond motifs is 2. The first kappa shape index (κ1) is 12.9. The number of hydrogen-bond donors (Lipinski definition) is 1. The molecule has 20 heavy (non-hydrogen) atoms. The highest BCUT2D eigenvalue weighted by Crippen LogP contribution is 2.31. The van der Waals surface area contributed by atoms with Gasteiger partial charge in [0.1, 0.15) is 0 Å². The molecule has 0 bridgehead atoms. The van der Waals surface area contributed by atoms with E-state index < -0.39 is 0 Å². The van der Waals surface area contributed by atoms with Gasteiger partial charge in [0.05, 0.1) is 11.2 Å². The molecule has 0 unspecified atom stereocenters. The maximum absolute atomic E-state index is 6.35. The third-order valence-electron chi connectivity index (χ3n) is 3.80. The van der Waals surface area contributed by atoms with E-state index in [-0.39, 0.29) is 0 Å². The molecule has 0 fully saturated rings. The van der Waals surface area contributed by atoms with Crippen molar-refractivity contribution >= 4 is 27.6 Å². The van der Waals surface area contributed by atoms with Gasteiger partial charge >= 0.3 is 0 Å². The van der Waals surface area contributed by atoms with Crippen molar-refractivity contribution < 1.29 is 0 Å². The van der Waals surface area contributed by atoms with Gasteiger partial charge in [-0.2, -0.15) is 0 Å². The molecule has 2 heterocycles. The van der Waals surface area contributed by atoms with Gasteiger partial charge < -0.3 is 5.73 Å². The van der Waals surface area contributed by atoms with Gasteiger partial charge in [-0.1, -0.05) is 26.0 Å². The number of pyridine rings is 2. The van der Waals surface area contributed by atoms with Gasteiger partial charge in [0.25, 0.3) is 0 Å². The number of anilines is 1. The van der Waals surface area contributed by atoms with Crippen LogP contribution >= 0.6 is 0 Å². The zero-order valence-electron chi connectivity index (χ0n) is 12.4. The Kier molecular flexibility index (Phi) is 2.85. The van der Waals surface area contributed by atoms with E-state index >= 15 is 0 Å². The number of nitrogens with two attached hydrogens (primary N) is 1. The molecule has 0 saturated carbocycles. The molecule has 3 aromatic rings. The lowest BCUT2D eigenvalue weighted by molar-refractivity contribution is 0.868. The molecule has 0 saturated heterocycles. The van der Waals surface area contributed by atoms with E-state index in [1.807, 2.05) is 6.92 Å². The molecule has 2 aromatic heterocycles. The van der Waals surface area contributed by atoms with Gasteiger partial charge in [-0.15, -0.1) is 0 Å². The topological polar surface area (TPSA) is 51.8 Å². The molecule has 0 atom stereocenters. The summed E-state index contributed by atoms with van der Waals surface area (Å²) in [4.78, 5) is 9.24. The molecule has 0 spiro atoms. The van der Waals surface area contributed by atoms with Crippen LogP contribution in [-0.2, 0) is 0 Å². The molecule has 0 amide bonds. The van der Waals surface area contributed by atoms with Gasteiger partial charge in [0.2, 0.25) is 0 Å². The minimum Gasteiger partial charge on any atom is -0.398 e. The van der Waals surface area contributed by atoms with E-state index in [1.165, 1.54) is 5.56 Å². The molecule has 0 aliphatic carbocycles. The molecular formula is C17H19N3. The second-order valence-electron chi connectivity index (χ2n) is 5.74. The van der Waals surface area contributed by atoms with Crippen molar-refractivity contribution in [2.24, 2.45) is 0 Å². The molecule has 0 radical (unpaired) electrons. The summed E-state index contributed by atoms with van der Waals surface area (Å²) in [6, 6.07) is 8.38. The quantitative estimate of drug-likeness (QED) is 0.674. The molecule has 1 aromatic carbocycles. The Bertz CT molecular complexity index is 819. The number of aromatic nitrogens is 2. The fraction of sp³-hybridized carbons (Fsp3) is 0.294. The number of nitrogens with zero attached hydrogens (tertiary/aromatic N) is 2. The summed E-state index contributed by atoms with van der Waals surface area (Å²) in [7, 11) is 0. The first-order chi connectivity index (χ1) is 9.47. The summed E-state index contributed by atoms with van der Waals surface area (Å²) < 4.78 is 0. The predicted molar refractivity (Wildman–Crippen MR) is 85.0 cm³/mol. The van der Waals surface area contributed by atoms with Crippen LogP contribution in [0.2, 0.25) is 0 Å². The van der Waals surface area contributed by atoms with Gasteiger partial charge in [-0.05, 0) is 43.0 Å². The number of rotatable bonds is 1. The van der Waals surface area contributed by atoms with E-state index in [1.54, 1.807) is 0 Å². The highest BCUT2D eigenvalue weighted by atomic mass is 14.9. The summed E-state index contributed by atoms with van der Waals surface area (Å²) >= 11 is 0. The van der Waals surface area contributed by atoms with E-state index in [9.17, 15) is 0 Å². The van der Waals surface area contributed by atoms with Crippen LogP contribution in [0.1, 0.15) is 36.6 Å². The Balaban J connectivity index is 2.44. The lowest BCUT2D eigenvalue weighted by Gasteiger charge is -2.11. The van der Waals surface area contributed by atoms with Crippen LogP contribution in [-0.4, -0.2) is 9.97 Å². The van der Waals surface area contributed by atoms with Gasteiger partial charge in [0, 0.05) is 16.5 Å². The molecule has 3 nitrogen and oxygen atoms in total. The molecule has 0 aliphatic rings. The lowest BCUT2D eigenvalue weighted by Crippen LogP contribution is -1.98. The first-order valence-electron chi connectivity index (χ1n) is 6.94. The van der Waals surface area contributed by atoms with E-state index in [4.69, 9.17) is 10.7 Å². The minimum atomic E-state index is 0.477. The molecular weight excluding hydrogens is 246 g/mol. The number of hydrogen-bond acceptors (Lipinski definition) is 3. The monoisotopic (exact) mass is 265 g/mol. The van der Waals surface area contributed by atoms with Gasteiger partial charge in [-0.25, -0.2) is 9.97 Å². The average molecular weight is 265 g/mol. The standard InChI is InChI=1S/C17H19N3/c1-9(2)12-5-6-13-14(8-12)20-17-15(16(13)18)10(3)7-11(4)19-17/h5-9H,1-4H3,(H2,18,19,20). The van der Waals surface area contributed by atoms with Crippen LogP contribution in [0.3, 0.4) is 0 Å². The molecule has 102 valence electrons. The Morgan fingerprint density at radius 1 is 1.05 bits per heavy atom. The van der Waals surface area contributed by atoms with Crippen LogP contribution in [0.5, 0.6) is 0 Å². The maximum Gasteiger partial charge on any atom is 0.162 e. The fourth-order valence-corrected chi connectivity index (χ4v) is 2.71. The summed E-state index contributed by atoms with van der Waals surface area (Å²) in [6.45, 7) is 8.40. The summed E-state index contributed by atoms with van der Waals surface area (Å²) in [5, 5.41) is 1.98. The van der Waals surface area contributed by atoms with Gasteiger partial charge in [0.15, 0.2) is 5.65 Å². The normalized spacial score (nSPS) is 11.7. The second kappa shape index (κ2) is 4.44. The molecule has 3 rings (SSSR count). The van der Waals surface area contributed by atoms with E-state index in [2.05, 4.69) is 50.0 Å². The zero-order chi connectivity index (χ0) is 14.4. The Labute approximate surface area is 118 Å². The highest BCUT2D eigenvalue weighted by molar-refractivity contribution is 6.06. The van der Waals surface area contributed by atoms with Crippen LogP contribution in [0.4, 0.5) is 5.69 Å². The second-order valence-corrected chi connectivity index (χ2v) is 5.74. The van der Waals surface area contributed by atoms with Crippen LogP contribution in [0.15, 0.2) is 24.3 Å². The largest absolute Gasteiger partial charge is 0.398 e. The van der Waals surface area contributed by atoms with E-state index in [0.29, 0.717) is 5.92 Å². The summed E-state index contributed by atoms with van der Waals surface area (Å²) in [6.07, 6.45) is 0. The maximum atomic E-state index is 6.35. The van der Waals surface area contributed by atoms with Crippen LogP contribution < -0.4 is 5.73 Å². The zero-order valence-corrected chi connectivity index (χ0v) is 12.4. The van der Waals surface area contributed by atoms with Crippen molar-refractivity contribution in [2.75, 3.05) is 5.73 Å². The number of aryl methyl sites for hydroxylation is 2. The lowest BCUT2D eigenvalue weighted by atomic mass is 9.99. The fourth-order valence-electron chi connectivity index (χ4n) is 2.71. The first-order valence-corrected chi connectivity index (χ1v) is 6.94. The Morgan fingerprint density at radius 3 is 2.50 bits per heavy atom. The molecule has 3 heteroatoms. The van der Waals surface area contributed by atoms with Crippen LogP contribution in [0, 0.1) is 13.8 Å². The number of nitrogen functional groups attached to an aromatic ring is 1. The SMILES string of the molecule is Cc1cc(C)c2c(N)c3ccc(C(C)C)cc3nc2n1. The smallest absolute Gasteiger partial charge is 0.162 e. The predicted octanol–water partition coefficient (Wildman–Crippen LogP) is 4.11. The van der Waals surface area contributed by atoms with Gasteiger partial charge in [-0.3, -0.25) is 0 Å². The number of benzene rings is 1. The third-order valence-corrected chi connectivity index (χ3v) is 3.80. The van der Waals surface area contributed by atoms with E-state index in [0.717, 1.165) is 38.9 Å². The van der Waals surface area contributed by atoms with Crippen molar-refractivity contribution in [1.29, 1.82) is 0 Å². The Morgan fingerprint density at radius 2 is 1.80 bits per heavy atom. The van der Waals surface area contributed by atoms with Crippen molar-refractivity contribution in [3.63, 3.8) is 0 Å². The molecule has 0 aliphatic heterocycles. The summed E-state index contributed by atoms with van der Waals surface area (Å²) in [5.74, 6) is 0.477.